The maximum atomic E-state index is 12.2. The predicted molar refractivity (Wildman–Crippen MR) is 119 cm³/mol. The SMILES string of the molecule is COc1ccc(/C=C/C(=O)Nc2nnc(Cc3ccc(OC)c(OC)c3)s2)cc1OC. The fraction of sp³-hybridized carbons (Fsp3) is 0.227. The molecule has 0 fully saturated rings. The van der Waals surface area contributed by atoms with Gasteiger partial charge in [-0.25, -0.2) is 0 Å². The van der Waals surface area contributed by atoms with Crippen LogP contribution in [0.2, 0.25) is 0 Å². The van der Waals surface area contributed by atoms with E-state index in [9.17, 15) is 4.79 Å². The van der Waals surface area contributed by atoms with Crippen LogP contribution in [0.5, 0.6) is 23.0 Å². The van der Waals surface area contributed by atoms with Crippen molar-refractivity contribution < 1.29 is 23.7 Å². The molecule has 0 unspecified atom stereocenters. The standard InChI is InChI=1S/C22H23N3O5S/c1-27-16-8-5-14(11-18(16)29-3)7-10-20(26)23-22-25-24-21(31-22)13-15-6-9-17(28-2)19(12-15)30-4/h5-12H,13H2,1-4H3,(H,23,25,26)/b10-7+. The van der Waals surface area contributed by atoms with Gasteiger partial charge >= 0.3 is 0 Å². The minimum atomic E-state index is -0.302. The largest absolute Gasteiger partial charge is 0.493 e. The Morgan fingerprint density at radius 2 is 1.55 bits per heavy atom. The van der Waals surface area contributed by atoms with Crippen molar-refractivity contribution in [2.75, 3.05) is 33.8 Å². The molecule has 0 saturated carbocycles. The van der Waals surface area contributed by atoms with Gasteiger partial charge in [-0.3, -0.25) is 10.1 Å². The zero-order valence-electron chi connectivity index (χ0n) is 17.7. The van der Waals surface area contributed by atoms with Gasteiger partial charge < -0.3 is 18.9 Å². The molecule has 0 atom stereocenters. The first-order valence-corrected chi connectivity index (χ1v) is 10.1. The van der Waals surface area contributed by atoms with Gasteiger partial charge in [0, 0.05) is 12.5 Å². The summed E-state index contributed by atoms with van der Waals surface area (Å²) in [6, 6.07) is 11.1. The summed E-state index contributed by atoms with van der Waals surface area (Å²) in [6.07, 6.45) is 3.68. The summed E-state index contributed by atoms with van der Waals surface area (Å²) in [5.74, 6) is 2.23. The number of ether oxygens (including phenoxy) is 4. The van der Waals surface area contributed by atoms with Crippen molar-refractivity contribution in [2.45, 2.75) is 6.42 Å². The van der Waals surface area contributed by atoms with Gasteiger partial charge in [0.25, 0.3) is 0 Å². The normalized spacial score (nSPS) is 10.7. The number of hydrogen-bond acceptors (Lipinski definition) is 8. The molecule has 3 aromatic rings. The number of carbonyl (C=O) groups is 1. The molecule has 0 bridgehead atoms. The molecule has 2 aromatic carbocycles. The molecule has 3 rings (SSSR count). The topological polar surface area (TPSA) is 91.8 Å². The summed E-state index contributed by atoms with van der Waals surface area (Å²) in [4.78, 5) is 12.2. The molecule has 8 nitrogen and oxygen atoms in total. The van der Waals surface area contributed by atoms with E-state index in [-0.39, 0.29) is 5.91 Å². The minimum Gasteiger partial charge on any atom is -0.493 e. The number of nitrogens with zero attached hydrogens (tertiary/aromatic N) is 2. The van der Waals surface area contributed by atoms with Crippen molar-refractivity contribution in [2.24, 2.45) is 0 Å². The zero-order chi connectivity index (χ0) is 22.2. The second kappa shape index (κ2) is 10.4. The number of nitrogens with one attached hydrogen (secondary N) is 1. The lowest BCUT2D eigenvalue weighted by Crippen LogP contribution is -2.07. The summed E-state index contributed by atoms with van der Waals surface area (Å²) >= 11 is 1.32. The average molecular weight is 442 g/mol. The van der Waals surface area contributed by atoms with Crippen LogP contribution in [0.15, 0.2) is 42.5 Å². The van der Waals surface area contributed by atoms with E-state index in [2.05, 4.69) is 15.5 Å². The molecule has 162 valence electrons. The van der Waals surface area contributed by atoms with Gasteiger partial charge in [-0.2, -0.15) is 0 Å². The highest BCUT2D eigenvalue weighted by molar-refractivity contribution is 7.15. The van der Waals surface area contributed by atoms with E-state index >= 15 is 0 Å². The first kappa shape index (κ1) is 22.1. The molecule has 1 aromatic heterocycles. The molecular formula is C22H23N3O5S. The number of anilines is 1. The second-order valence-corrected chi connectivity index (χ2v) is 7.37. The summed E-state index contributed by atoms with van der Waals surface area (Å²) in [5.41, 5.74) is 1.80. The maximum absolute atomic E-state index is 12.2. The van der Waals surface area contributed by atoms with E-state index in [0.717, 1.165) is 16.1 Å². The third-order valence-corrected chi connectivity index (χ3v) is 5.17. The Morgan fingerprint density at radius 1 is 0.903 bits per heavy atom. The van der Waals surface area contributed by atoms with Crippen LogP contribution < -0.4 is 24.3 Å². The fourth-order valence-electron chi connectivity index (χ4n) is 2.82. The Balaban J connectivity index is 1.62. The van der Waals surface area contributed by atoms with Crippen LogP contribution in [0, 0.1) is 0 Å². The number of rotatable bonds is 9. The minimum absolute atomic E-state index is 0.302. The van der Waals surface area contributed by atoms with Crippen molar-refractivity contribution in [3.63, 3.8) is 0 Å². The van der Waals surface area contributed by atoms with Gasteiger partial charge in [0.05, 0.1) is 28.4 Å². The molecule has 0 radical (unpaired) electrons. The van der Waals surface area contributed by atoms with Crippen LogP contribution >= 0.6 is 11.3 Å². The molecule has 1 heterocycles. The molecule has 0 aliphatic carbocycles. The second-order valence-electron chi connectivity index (χ2n) is 6.30. The summed E-state index contributed by atoms with van der Waals surface area (Å²) in [7, 11) is 6.32. The maximum Gasteiger partial charge on any atom is 0.250 e. The lowest BCUT2D eigenvalue weighted by atomic mass is 10.1. The lowest BCUT2D eigenvalue weighted by Gasteiger charge is -2.08. The van der Waals surface area contributed by atoms with Gasteiger partial charge in [-0.15, -0.1) is 10.2 Å². The van der Waals surface area contributed by atoms with Crippen LogP contribution in [0.4, 0.5) is 5.13 Å². The molecular weight excluding hydrogens is 418 g/mol. The van der Waals surface area contributed by atoms with Gasteiger partial charge in [-0.05, 0) is 41.5 Å². The average Bonchev–Trinajstić information content (AvgIpc) is 3.23. The highest BCUT2D eigenvalue weighted by Gasteiger charge is 2.10. The van der Waals surface area contributed by atoms with Crippen molar-refractivity contribution >= 4 is 28.5 Å². The first-order chi connectivity index (χ1) is 15.1. The smallest absolute Gasteiger partial charge is 0.250 e. The molecule has 0 saturated heterocycles. The summed E-state index contributed by atoms with van der Waals surface area (Å²) < 4.78 is 21.1. The highest BCUT2D eigenvalue weighted by Crippen LogP contribution is 2.30. The number of benzene rings is 2. The predicted octanol–water partition coefficient (Wildman–Crippen LogP) is 3.82. The van der Waals surface area contributed by atoms with Crippen LogP contribution in [-0.2, 0) is 11.2 Å². The number of methoxy groups -OCH3 is 4. The third-order valence-electron chi connectivity index (χ3n) is 4.34. The summed E-state index contributed by atoms with van der Waals surface area (Å²) in [6.45, 7) is 0. The van der Waals surface area contributed by atoms with Crippen LogP contribution in [0.1, 0.15) is 16.1 Å². The van der Waals surface area contributed by atoms with Crippen molar-refractivity contribution in [3.05, 3.63) is 58.6 Å². The van der Waals surface area contributed by atoms with Gasteiger partial charge in [-0.1, -0.05) is 23.5 Å². The van der Waals surface area contributed by atoms with Crippen LogP contribution in [-0.4, -0.2) is 44.5 Å². The third kappa shape index (κ3) is 5.73. The Hall–Kier alpha value is -3.59. The first-order valence-electron chi connectivity index (χ1n) is 9.30. The Labute approximate surface area is 184 Å². The molecule has 1 N–H and O–H groups in total. The molecule has 0 aliphatic heterocycles. The van der Waals surface area contributed by atoms with E-state index in [1.54, 1.807) is 46.6 Å². The molecule has 31 heavy (non-hydrogen) atoms. The molecule has 1 amide bonds. The zero-order valence-corrected chi connectivity index (χ0v) is 18.5. The Kier molecular flexibility index (Phi) is 7.45. The fourth-order valence-corrected chi connectivity index (χ4v) is 3.59. The van der Waals surface area contributed by atoms with Crippen LogP contribution in [0.25, 0.3) is 6.08 Å². The molecule has 0 aliphatic rings. The monoisotopic (exact) mass is 441 g/mol. The number of carbonyl (C=O) groups excluding carboxylic acids is 1. The summed E-state index contributed by atoms with van der Waals surface area (Å²) in [5, 5.41) is 12.1. The van der Waals surface area contributed by atoms with E-state index < -0.39 is 0 Å². The lowest BCUT2D eigenvalue weighted by molar-refractivity contribution is -0.111. The number of amides is 1. The van der Waals surface area contributed by atoms with Crippen molar-refractivity contribution in [1.82, 2.24) is 10.2 Å². The van der Waals surface area contributed by atoms with Gasteiger partial charge in [0.1, 0.15) is 5.01 Å². The number of aromatic nitrogens is 2. The van der Waals surface area contributed by atoms with E-state index in [0.29, 0.717) is 34.6 Å². The Morgan fingerprint density at radius 3 is 2.23 bits per heavy atom. The van der Waals surface area contributed by atoms with Gasteiger partial charge in [0.15, 0.2) is 23.0 Å². The quantitative estimate of drug-likeness (QED) is 0.505. The molecule has 9 heteroatoms. The van der Waals surface area contributed by atoms with Crippen molar-refractivity contribution in [1.29, 1.82) is 0 Å². The van der Waals surface area contributed by atoms with Gasteiger partial charge in [0.2, 0.25) is 11.0 Å². The van der Waals surface area contributed by atoms with Crippen LogP contribution in [0.3, 0.4) is 0 Å². The number of hydrogen-bond donors (Lipinski definition) is 1. The molecule has 0 spiro atoms. The Bertz CT molecular complexity index is 1080. The van der Waals surface area contributed by atoms with E-state index in [1.165, 1.54) is 17.4 Å². The highest BCUT2D eigenvalue weighted by atomic mass is 32.1. The van der Waals surface area contributed by atoms with E-state index in [4.69, 9.17) is 18.9 Å². The van der Waals surface area contributed by atoms with E-state index in [1.807, 2.05) is 24.3 Å². The van der Waals surface area contributed by atoms with Crippen molar-refractivity contribution in [3.8, 4) is 23.0 Å².